The molecule has 0 saturated heterocycles. The third-order valence-corrected chi connectivity index (χ3v) is 4.87. The second-order valence-electron chi connectivity index (χ2n) is 4.89. The SMILES string of the molecule is CC(CNCc1cccs1)Oc1cccc(S(C)(=O)=O)c1. The van der Waals surface area contributed by atoms with E-state index < -0.39 is 9.84 Å². The van der Waals surface area contributed by atoms with Gasteiger partial charge in [0, 0.05) is 24.2 Å². The first kappa shape index (κ1) is 16.0. The summed E-state index contributed by atoms with van der Waals surface area (Å²) in [5, 5.41) is 5.37. The molecule has 1 N–H and O–H groups in total. The molecule has 0 spiro atoms. The number of nitrogens with one attached hydrogen (secondary N) is 1. The Morgan fingerprint density at radius 1 is 1.29 bits per heavy atom. The molecule has 1 unspecified atom stereocenters. The predicted molar refractivity (Wildman–Crippen MR) is 85.7 cm³/mol. The van der Waals surface area contributed by atoms with Gasteiger partial charge in [0.15, 0.2) is 9.84 Å². The summed E-state index contributed by atoms with van der Waals surface area (Å²) >= 11 is 1.71. The maximum absolute atomic E-state index is 11.5. The van der Waals surface area contributed by atoms with Gasteiger partial charge in [-0.25, -0.2) is 8.42 Å². The van der Waals surface area contributed by atoms with Crippen LogP contribution in [0.4, 0.5) is 0 Å². The van der Waals surface area contributed by atoms with Crippen molar-refractivity contribution in [3.05, 3.63) is 46.7 Å². The molecule has 0 aliphatic heterocycles. The van der Waals surface area contributed by atoms with Crippen molar-refractivity contribution in [2.75, 3.05) is 12.8 Å². The number of hydrogen-bond acceptors (Lipinski definition) is 5. The van der Waals surface area contributed by atoms with Crippen molar-refractivity contribution in [2.24, 2.45) is 0 Å². The van der Waals surface area contributed by atoms with Gasteiger partial charge in [0.25, 0.3) is 0 Å². The molecule has 0 fully saturated rings. The maximum Gasteiger partial charge on any atom is 0.175 e. The molecule has 1 atom stereocenters. The largest absolute Gasteiger partial charge is 0.489 e. The van der Waals surface area contributed by atoms with Crippen molar-refractivity contribution < 1.29 is 13.2 Å². The zero-order valence-electron chi connectivity index (χ0n) is 12.1. The lowest BCUT2D eigenvalue weighted by molar-refractivity contribution is 0.216. The highest BCUT2D eigenvalue weighted by molar-refractivity contribution is 7.90. The van der Waals surface area contributed by atoms with E-state index in [4.69, 9.17) is 4.74 Å². The fraction of sp³-hybridized carbons (Fsp3) is 0.333. The van der Waals surface area contributed by atoms with Crippen LogP contribution >= 0.6 is 11.3 Å². The van der Waals surface area contributed by atoms with E-state index >= 15 is 0 Å². The van der Waals surface area contributed by atoms with Gasteiger partial charge in [0.2, 0.25) is 0 Å². The Morgan fingerprint density at radius 3 is 2.76 bits per heavy atom. The van der Waals surface area contributed by atoms with E-state index in [0.717, 1.165) is 6.54 Å². The highest BCUT2D eigenvalue weighted by Gasteiger charge is 2.09. The van der Waals surface area contributed by atoms with Crippen LogP contribution in [0, 0.1) is 0 Å². The van der Waals surface area contributed by atoms with Gasteiger partial charge in [0.05, 0.1) is 4.90 Å². The van der Waals surface area contributed by atoms with Crippen molar-refractivity contribution >= 4 is 21.2 Å². The molecule has 1 heterocycles. The van der Waals surface area contributed by atoms with E-state index in [0.29, 0.717) is 12.3 Å². The minimum Gasteiger partial charge on any atom is -0.489 e. The highest BCUT2D eigenvalue weighted by atomic mass is 32.2. The molecule has 0 amide bonds. The van der Waals surface area contributed by atoms with Gasteiger partial charge >= 0.3 is 0 Å². The molecule has 0 saturated carbocycles. The summed E-state index contributed by atoms with van der Waals surface area (Å²) in [7, 11) is -3.20. The molecule has 2 rings (SSSR count). The first-order valence-electron chi connectivity index (χ1n) is 6.65. The van der Waals surface area contributed by atoms with Crippen LogP contribution in [0.25, 0.3) is 0 Å². The highest BCUT2D eigenvalue weighted by Crippen LogP contribution is 2.18. The van der Waals surface area contributed by atoms with Crippen LogP contribution in [0.1, 0.15) is 11.8 Å². The molecule has 2 aromatic rings. The van der Waals surface area contributed by atoms with Crippen molar-refractivity contribution in [3.63, 3.8) is 0 Å². The number of thiophene rings is 1. The third kappa shape index (κ3) is 5.15. The van der Waals surface area contributed by atoms with E-state index in [2.05, 4.69) is 11.4 Å². The number of sulfone groups is 1. The summed E-state index contributed by atoms with van der Waals surface area (Å²) in [5.74, 6) is 0.573. The van der Waals surface area contributed by atoms with Gasteiger partial charge in [-0.15, -0.1) is 11.3 Å². The predicted octanol–water partition coefficient (Wildman–Crippen LogP) is 2.71. The average Bonchev–Trinajstić information content (AvgIpc) is 2.91. The van der Waals surface area contributed by atoms with Gasteiger partial charge in [-0.3, -0.25) is 0 Å². The van der Waals surface area contributed by atoms with Crippen LogP contribution in [0.2, 0.25) is 0 Å². The van der Waals surface area contributed by atoms with E-state index in [1.54, 1.807) is 35.6 Å². The molecule has 21 heavy (non-hydrogen) atoms. The topological polar surface area (TPSA) is 55.4 Å². The van der Waals surface area contributed by atoms with Crippen molar-refractivity contribution in [3.8, 4) is 5.75 Å². The quantitative estimate of drug-likeness (QED) is 0.850. The van der Waals surface area contributed by atoms with E-state index in [1.165, 1.54) is 11.1 Å². The van der Waals surface area contributed by atoms with Gasteiger partial charge in [-0.1, -0.05) is 12.1 Å². The maximum atomic E-state index is 11.5. The lowest BCUT2D eigenvalue weighted by Crippen LogP contribution is -2.28. The number of hydrogen-bond donors (Lipinski definition) is 1. The zero-order valence-corrected chi connectivity index (χ0v) is 13.7. The smallest absolute Gasteiger partial charge is 0.175 e. The molecule has 0 aliphatic rings. The lowest BCUT2D eigenvalue weighted by atomic mass is 10.3. The van der Waals surface area contributed by atoms with Crippen molar-refractivity contribution in [2.45, 2.75) is 24.5 Å². The molecule has 0 aliphatic carbocycles. The Kier molecular flexibility index (Phi) is 5.39. The molecular formula is C15H19NO3S2. The molecule has 1 aromatic carbocycles. The van der Waals surface area contributed by atoms with E-state index in [-0.39, 0.29) is 11.0 Å². The summed E-state index contributed by atoms with van der Waals surface area (Å²) in [6, 6.07) is 10.7. The van der Waals surface area contributed by atoms with Crippen LogP contribution < -0.4 is 10.1 Å². The minimum atomic E-state index is -3.20. The first-order valence-corrected chi connectivity index (χ1v) is 9.42. The van der Waals surface area contributed by atoms with E-state index in [1.807, 2.05) is 18.4 Å². The Bertz CT molecular complexity index is 666. The summed E-state index contributed by atoms with van der Waals surface area (Å²) in [6.45, 7) is 3.46. The lowest BCUT2D eigenvalue weighted by Gasteiger charge is -2.15. The summed E-state index contributed by atoms with van der Waals surface area (Å²) in [6.07, 6.45) is 1.15. The van der Waals surface area contributed by atoms with E-state index in [9.17, 15) is 8.42 Å². The number of rotatable bonds is 7. The normalized spacial score (nSPS) is 13.0. The average molecular weight is 325 g/mol. The monoisotopic (exact) mass is 325 g/mol. The fourth-order valence-electron chi connectivity index (χ4n) is 1.86. The standard InChI is InChI=1S/C15H19NO3S2/c1-12(10-16-11-14-6-4-8-20-14)19-13-5-3-7-15(9-13)21(2,17)18/h3-9,12,16H,10-11H2,1-2H3. The molecular weight excluding hydrogens is 306 g/mol. The minimum absolute atomic E-state index is 0.0419. The Hall–Kier alpha value is -1.37. The summed E-state index contributed by atoms with van der Waals surface area (Å²) in [5.41, 5.74) is 0. The molecule has 0 bridgehead atoms. The van der Waals surface area contributed by atoms with Crippen LogP contribution in [-0.2, 0) is 16.4 Å². The Morgan fingerprint density at radius 2 is 2.10 bits per heavy atom. The van der Waals surface area contributed by atoms with Crippen LogP contribution in [-0.4, -0.2) is 27.3 Å². The molecule has 4 nitrogen and oxygen atoms in total. The number of benzene rings is 1. The molecule has 1 aromatic heterocycles. The van der Waals surface area contributed by atoms with Crippen molar-refractivity contribution in [1.82, 2.24) is 5.32 Å². The van der Waals surface area contributed by atoms with Crippen LogP contribution in [0.3, 0.4) is 0 Å². The second kappa shape index (κ2) is 7.06. The third-order valence-electron chi connectivity index (χ3n) is 2.88. The molecule has 0 radical (unpaired) electrons. The summed E-state index contributed by atoms with van der Waals surface area (Å²) < 4.78 is 28.8. The van der Waals surface area contributed by atoms with Gasteiger partial charge in [-0.2, -0.15) is 0 Å². The first-order chi connectivity index (χ1) is 9.95. The van der Waals surface area contributed by atoms with Gasteiger partial charge in [-0.05, 0) is 36.6 Å². The summed E-state index contributed by atoms with van der Waals surface area (Å²) in [4.78, 5) is 1.56. The van der Waals surface area contributed by atoms with Gasteiger partial charge in [0.1, 0.15) is 11.9 Å². The van der Waals surface area contributed by atoms with Crippen LogP contribution in [0.5, 0.6) is 5.75 Å². The Balaban J connectivity index is 1.86. The zero-order chi connectivity index (χ0) is 15.3. The fourth-order valence-corrected chi connectivity index (χ4v) is 3.19. The Labute approximate surface area is 129 Å². The molecule has 114 valence electrons. The van der Waals surface area contributed by atoms with Crippen molar-refractivity contribution in [1.29, 1.82) is 0 Å². The second-order valence-corrected chi connectivity index (χ2v) is 7.93. The molecule has 6 heteroatoms. The van der Waals surface area contributed by atoms with Gasteiger partial charge < -0.3 is 10.1 Å². The van der Waals surface area contributed by atoms with Crippen LogP contribution in [0.15, 0.2) is 46.7 Å². The number of ether oxygens (including phenoxy) is 1.